The second-order valence-electron chi connectivity index (χ2n) is 5.79. The third kappa shape index (κ3) is 3.81. The van der Waals surface area contributed by atoms with E-state index >= 15 is 0 Å². The average Bonchev–Trinajstić information content (AvgIpc) is 2.72. The van der Waals surface area contributed by atoms with Crippen LogP contribution in [-0.4, -0.2) is 24.2 Å². The Morgan fingerprint density at radius 1 is 1.37 bits per heavy atom. The third-order valence-corrected chi connectivity index (χ3v) is 5.89. The van der Waals surface area contributed by atoms with E-state index in [-0.39, 0.29) is 0 Å². The van der Waals surface area contributed by atoms with Gasteiger partial charge in [0.2, 0.25) is 0 Å². The molecule has 2 aromatic rings. The van der Waals surface area contributed by atoms with Gasteiger partial charge in [-0.1, -0.05) is 31.2 Å². The van der Waals surface area contributed by atoms with Crippen LogP contribution in [0.25, 0.3) is 11.0 Å². The summed E-state index contributed by atoms with van der Waals surface area (Å²) in [7, 11) is -1.03. The summed E-state index contributed by atoms with van der Waals surface area (Å²) in [6.07, 6.45) is 1.78. The lowest BCUT2D eigenvalue weighted by Gasteiger charge is -2.15. The van der Waals surface area contributed by atoms with Crippen molar-refractivity contribution in [2.75, 3.05) is 6.61 Å². The molecule has 3 nitrogen and oxygen atoms in total. The maximum atomic E-state index is 6.20. The molecule has 0 fully saturated rings. The fourth-order valence-corrected chi connectivity index (χ4v) is 3.00. The second-order valence-corrected chi connectivity index (χ2v) is 12.6. The van der Waals surface area contributed by atoms with Gasteiger partial charge in [-0.05, 0) is 34.1 Å². The molecule has 1 aromatic carbocycles. The standard InChI is InChI=1S/C13H18BrClN2OSi/c1-19(2,3)7-6-18-9-17-8-16-13-11(17)5-4-10(14)12(13)15/h4-5,8H,6-7,9H2,1-3H3. The van der Waals surface area contributed by atoms with Crippen molar-refractivity contribution in [2.45, 2.75) is 32.4 Å². The highest BCUT2D eigenvalue weighted by Gasteiger charge is 2.13. The molecule has 0 atom stereocenters. The Morgan fingerprint density at radius 2 is 2.11 bits per heavy atom. The molecule has 0 spiro atoms. The van der Waals surface area contributed by atoms with E-state index in [0.29, 0.717) is 11.8 Å². The zero-order valence-corrected chi connectivity index (χ0v) is 14.8. The third-order valence-electron chi connectivity index (χ3n) is 2.91. The van der Waals surface area contributed by atoms with Crippen molar-refractivity contribution in [3.05, 3.63) is 28.0 Å². The number of halogens is 2. The number of hydrogen-bond acceptors (Lipinski definition) is 2. The van der Waals surface area contributed by atoms with Crippen molar-refractivity contribution in [2.24, 2.45) is 0 Å². The maximum Gasteiger partial charge on any atom is 0.124 e. The fraction of sp³-hybridized carbons (Fsp3) is 0.462. The number of rotatable bonds is 5. The van der Waals surface area contributed by atoms with Crippen molar-refractivity contribution in [3.8, 4) is 0 Å². The molecule has 0 radical (unpaired) electrons. The Morgan fingerprint density at radius 3 is 2.79 bits per heavy atom. The number of imidazole rings is 1. The molecular weight excluding hydrogens is 344 g/mol. The smallest absolute Gasteiger partial charge is 0.124 e. The van der Waals surface area contributed by atoms with Crippen LogP contribution in [0, 0.1) is 0 Å². The Kier molecular flexibility index (Phi) is 4.71. The predicted molar refractivity (Wildman–Crippen MR) is 86.5 cm³/mol. The molecule has 0 aliphatic rings. The average molecular weight is 362 g/mol. The van der Waals surface area contributed by atoms with Gasteiger partial charge in [0.05, 0.1) is 16.9 Å². The van der Waals surface area contributed by atoms with Gasteiger partial charge in [0, 0.05) is 19.2 Å². The van der Waals surface area contributed by atoms with Gasteiger partial charge in [-0.2, -0.15) is 0 Å². The highest BCUT2D eigenvalue weighted by Crippen LogP contribution is 2.29. The van der Waals surface area contributed by atoms with Gasteiger partial charge in [-0.3, -0.25) is 0 Å². The van der Waals surface area contributed by atoms with Crippen molar-refractivity contribution < 1.29 is 4.74 Å². The van der Waals surface area contributed by atoms with E-state index in [1.165, 1.54) is 6.04 Å². The van der Waals surface area contributed by atoms with E-state index in [1.54, 1.807) is 6.33 Å². The normalized spacial score (nSPS) is 12.3. The lowest BCUT2D eigenvalue weighted by atomic mass is 10.3. The van der Waals surface area contributed by atoms with Gasteiger partial charge >= 0.3 is 0 Å². The van der Waals surface area contributed by atoms with Crippen LogP contribution < -0.4 is 0 Å². The van der Waals surface area contributed by atoms with Crippen molar-refractivity contribution in [1.29, 1.82) is 0 Å². The summed E-state index contributed by atoms with van der Waals surface area (Å²) in [5.74, 6) is 0. The SMILES string of the molecule is C[Si](C)(C)CCOCn1cnc2c(Cl)c(Br)ccc21. The van der Waals surface area contributed by atoms with Crippen LogP contribution >= 0.6 is 27.5 Å². The Balaban J connectivity index is 2.04. The molecule has 0 aliphatic heterocycles. The Bertz CT molecular complexity index is 580. The summed E-state index contributed by atoms with van der Waals surface area (Å²) >= 11 is 9.61. The van der Waals surface area contributed by atoms with Gasteiger partial charge in [0.15, 0.2) is 0 Å². The molecule has 104 valence electrons. The number of ether oxygens (including phenoxy) is 1. The van der Waals surface area contributed by atoms with Gasteiger partial charge in [0.25, 0.3) is 0 Å². The van der Waals surface area contributed by atoms with Crippen LogP contribution in [0.5, 0.6) is 0 Å². The zero-order valence-electron chi connectivity index (χ0n) is 11.4. The summed E-state index contributed by atoms with van der Waals surface area (Å²) in [6.45, 7) is 8.37. The lowest BCUT2D eigenvalue weighted by molar-refractivity contribution is 0.0898. The number of aromatic nitrogens is 2. The number of hydrogen-bond donors (Lipinski definition) is 0. The van der Waals surface area contributed by atoms with Crippen molar-refractivity contribution in [3.63, 3.8) is 0 Å². The zero-order chi connectivity index (χ0) is 14.0. The van der Waals surface area contributed by atoms with E-state index in [4.69, 9.17) is 16.3 Å². The van der Waals surface area contributed by atoms with Crippen LogP contribution in [0.2, 0.25) is 30.7 Å². The van der Waals surface area contributed by atoms with Crippen LogP contribution in [0.4, 0.5) is 0 Å². The highest BCUT2D eigenvalue weighted by molar-refractivity contribution is 9.10. The van der Waals surface area contributed by atoms with Crippen LogP contribution in [0.1, 0.15) is 0 Å². The molecular formula is C13H18BrClN2OSi. The minimum atomic E-state index is -1.03. The number of fused-ring (bicyclic) bond motifs is 1. The fourth-order valence-electron chi connectivity index (χ4n) is 1.72. The summed E-state index contributed by atoms with van der Waals surface area (Å²) < 4.78 is 8.59. The molecule has 19 heavy (non-hydrogen) atoms. The second kappa shape index (κ2) is 5.95. The van der Waals surface area contributed by atoms with Crippen LogP contribution in [0.15, 0.2) is 22.9 Å². The van der Waals surface area contributed by atoms with E-state index in [0.717, 1.165) is 22.1 Å². The van der Waals surface area contributed by atoms with Gasteiger partial charge < -0.3 is 9.30 Å². The monoisotopic (exact) mass is 360 g/mol. The quantitative estimate of drug-likeness (QED) is 0.567. The summed E-state index contributed by atoms with van der Waals surface area (Å²) in [4.78, 5) is 4.34. The molecule has 1 heterocycles. The molecule has 0 saturated heterocycles. The van der Waals surface area contributed by atoms with Gasteiger partial charge in [0.1, 0.15) is 12.2 Å². The summed E-state index contributed by atoms with van der Waals surface area (Å²) in [6, 6.07) is 5.11. The molecule has 0 aliphatic carbocycles. The topological polar surface area (TPSA) is 27.1 Å². The first-order valence-electron chi connectivity index (χ1n) is 6.25. The molecule has 2 rings (SSSR count). The molecule has 0 N–H and O–H groups in total. The first kappa shape index (κ1) is 15.0. The lowest BCUT2D eigenvalue weighted by Crippen LogP contribution is -2.21. The van der Waals surface area contributed by atoms with Crippen molar-refractivity contribution >= 4 is 46.6 Å². The molecule has 6 heteroatoms. The molecule has 0 saturated carbocycles. The van der Waals surface area contributed by atoms with Crippen molar-refractivity contribution in [1.82, 2.24) is 9.55 Å². The largest absolute Gasteiger partial charge is 0.361 e. The van der Waals surface area contributed by atoms with E-state index in [1.807, 2.05) is 16.7 Å². The minimum Gasteiger partial charge on any atom is -0.361 e. The number of nitrogens with zero attached hydrogens (tertiary/aromatic N) is 2. The minimum absolute atomic E-state index is 0.527. The Labute approximate surface area is 128 Å². The van der Waals surface area contributed by atoms with E-state index < -0.39 is 8.07 Å². The van der Waals surface area contributed by atoms with Crippen LogP contribution in [-0.2, 0) is 11.5 Å². The maximum absolute atomic E-state index is 6.20. The predicted octanol–water partition coefficient (Wildman–Crippen LogP) is 4.76. The summed E-state index contributed by atoms with van der Waals surface area (Å²) in [5, 5.41) is 0.651. The number of benzene rings is 1. The Hall–Kier alpha value is -0.363. The van der Waals surface area contributed by atoms with E-state index in [2.05, 4.69) is 40.6 Å². The highest BCUT2D eigenvalue weighted by atomic mass is 79.9. The first-order valence-corrected chi connectivity index (χ1v) is 11.1. The summed E-state index contributed by atoms with van der Waals surface area (Å²) in [5.41, 5.74) is 1.81. The molecule has 0 bridgehead atoms. The van der Waals surface area contributed by atoms with Gasteiger partial charge in [-0.25, -0.2) is 4.98 Å². The first-order chi connectivity index (χ1) is 8.88. The van der Waals surface area contributed by atoms with Crippen LogP contribution in [0.3, 0.4) is 0 Å². The molecule has 1 aromatic heterocycles. The molecule has 0 unspecified atom stereocenters. The van der Waals surface area contributed by atoms with Gasteiger partial charge in [-0.15, -0.1) is 0 Å². The molecule has 0 amide bonds. The van der Waals surface area contributed by atoms with E-state index in [9.17, 15) is 0 Å².